The van der Waals surface area contributed by atoms with Crippen LogP contribution in [-0.2, 0) is 0 Å². The minimum atomic E-state index is 0.499. The highest BCUT2D eigenvalue weighted by atomic mass is 32.2. The quantitative estimate of drug-likeness (QED) is 0.830. The lowest BCUT2D eigenvalue weighted by Gasteiger charge is -2.27. The molecule has 1 aliphatic rings. The summed E-state index contributed by atoms with van der Waals surface area (Å²) >= 11 is 1.63. The standard InChI is InChI=1S/C13H17N3S/c1-16(10-6-7-15-9-10)12-4-3-5-13(17-2)11(12)8-14/h3-5,10,15H,6-7,9H2,1-2H3. The Kier molecular flexibility index (Phi) is 3.93. The number of hydrogen-bond acceptors (Lipinski definition) is 4. The molecule has 1 aromatic carbocycles. The molecule has 3 nitrogen and oxygen atoms in total. The van der Waals surface area contributed by atoms with E-state index in [4.69, 9.17) is 0 Å². The van der Waals surface area contributed by atoms with Crippen molar-refractivity contribution in [3.63, 3.8) is 0 Å². The summed E-state index contributed by atoms with van der Waals surface area (Å²) in [5.74, 6) is 0. The summed E-state index contributed by atoms with van der Waals surface area (Å²) in [4.78, 5) is 3.29. The largest absolute Gasteiger partial charge is 0.369 e. The number of anilines is 1. The Hall–Kier alpha value is -1.18. The van der Waals surface area contributed by atoms with E-state index in [2.05, 4.69) is 23.3 Å². The van der Waals surface area contributed by atoms with Crippen LogP contribution in [0.4, 0.5) is 5.69 Å². The summed E-state index contributed by atoms with van der Waals surface area (Å²) in [5, 5.41) is 12.7. The van der Waals surface area contributed by atoms with Gasteiger partial charge in [0, 0.05) is 24.5 Å². The van der Waals surface area contributed by atoms with Gasteiger partial charge in [-0.15, -0.1) is 11.8 Å². The molecular formula is C13H17N3S. The number of thioether (sulfide) groups is 1. The summed E-state index contributed by atoms with van der Waals surface area (Å²) in [6.07, 6.45) is 3.15. The van der Waals surface area contributed by atoms with Crippen molar-refractivity contribution in [1.82, 2.24) is 5.32 Å². The maximum Gasteiger partial charge on any atom is 0.103 e. The van der Waals surface area contributed by atoms with Crippen LogP contribution in [0.25, 0.3) is 0 Å². The van der Waals surface area contributed by atoms with Crippen LogP contribution in [0, 0.1) is 11.3 Å². The second-order valence-electron chi connectivity index (χ2n) is 4.22. The van der Waals surface area contributed by atoms with Gasteiger partial charge in [0.2, 0.25) is 0 Å². The zero-order valence-electron chi connectivity index (χ0n) is 10.2. The van der Waals surface area contributed by atoms with E-state index in [1.165, 1.54) is 0 Å². The number of hydrogen-bond donors (Lipinski definition) is 1. The van der Waals surface area contributed by atoms with Gasteiger partial charge in [-0.1, -0.05) is 6.07 Å². The molecule has 1 aromatic rings. The van der Waals surface area contributed by atoms with Crippen LogP contribution in [0.2, 0.25) is 0 Å². The monoisotopic (exact) mass is 247 g/mol. The Bertz CT molecular complexity index is 433. The SMILES string of the molecule is CSc1cccc(N(C)C2CCNC2)c1C#N. The first-order chi connectivity index (χ1) is 8.27. The van der Waals surface area contributed by atoms with E-state index in [-0.39, 0.29) is 0 Å². The van der Waals surface area contributed by atoms with Crippen molar-refractivity contribution in [2.24, 2.45) is 0 Å². The van der Waals surface area contributed by atoms with Crippen molar-refractivity contribution in [3.05, 3.63) is 23.8 Å². The highest BCUT2D eigenvalue weighted by molar-refractivity contribution is 7.98. The van der Waals surface area contributed by atoms with E-state index >= 15 is 0 Å². The van der Waals surface area contributed by atoms with Gasteiger partial charge < -0.3 is 10.2 Å². The molecule has 1 N–H and O–H groups in total. The fourth-order valence-electron chi connectivity index (χ4n) is 2.26. The second-order valence-corrected chi connectivity index (χ2v) is 5.07. The predicted octanol–water partition coefficient (Wildman–Crippen LogP) is 2.08. The van der Waals surface area contributed by atoms with E-state index < -0.39 is 0 Å². The molecule has 90 valence electrons. The summed E-state index contributed by atoms with van der Waals surface area (Å²) in [7, 11) is 2.08. The van der Waals surface area contributed by atoms with Crippen LogP contribution in [0.3, 0.4) is 0 Å². The molecule has 1 heterocycles. The molecule has 2 rings (SSSR count). The van der Waals surface area contributed by atoms with Crippen molar-refractivity contribution in [1.29, 1.82) is 5.26 Å². The third kappa shape index (κ3) is 2.41. The van der Waals surface area contributed by atoms with Gasteiger partial charge in [0.15, 0.2) is 0 Å². The van der Waals surface area contributed by atoms with Gasteiger partial charge in [-0.25, -0.2) is 0 Å². The first kappa shape index (κ1) is 12.3. The average molecular weight is 247 g/mol. The minimum Gasteiger partial charge on any atom is -0.369 e. The maximum absolute atomic E-state index is 9.32. The van der Waals surface area contributed by atoms with Crippen molar-refractivity contribution >= 4 is 17.4 Å². The van der Waals surface area contributed by atoms with Crippen LogP contribution in [0.1, 0.15) is 12.0 Å². The van der Waals surface area contributed by atoms with Crippen molar-refractivity contribution in [2.45, 2.75) is 17.4 Å². The van der Waals surface area contributed by atoms with Crippen molar-refractivity contribution in [2.75, 3.05) is 31.3 Å². The molecular weight excluding hydrogens is 230 g/mol. The summed E-state index contributed by atoms with van der Waals surface area (Å²) in [5.41, 5.74) is 1.85. The number of nitrogens with one attached hydrogen (secondary N) is 1. The highest BCUT2D eigenvalue weighted by Crippen LogP contribution is 2.30. The number of benzene rings is 1. The topological polar surface area (TPSA) is 39.1 Å². The van der Waals surface area contributed by atoms with Crippen molar-refractivity contribution in [3.8, 4) is 6.07 Å². The summed E-state index contributed by atoms with van der Waals surface area (Å²) in [6, 6.07) is 8.91. The molecule has 0 amide bonds. The van der Waals surface area contributed by atoms with Gasteiger partial charge in [0.1, 0.15) is 6.07 Å². The van der Waals surface area contributed by atoms with Crippen LogP contribution in [0.5, 0.6) is 0 Å². The molecule has 1 saturated heterocycles. The van der Waals surface area contributed by atoms with E-state index in [9.17, 15) is 5.26 Å². The maximum atomic E-state index is 9.32. The van der Waals surface area contributed by atoms with E-state index in [1.54, 1.807) is 11.8 Å². The molecule has 0 radical (unpaired) electrons. The van der Waals surface area contributed by atoms with Gasteiger partial charge in [-0.3, -0.25) is 0 Å². The third-order valence-corrected chi connectivity index (χ3v) is 4.08. The predicted molar refractivity (Wildman–Crippen MR) is 72.6 cm³/mol. The smallest absolute Gasteiger partial charge is 0.103 e. The molecule has 0 bridgehead atoms. The Morgan fingerprint density at radius 3 is 2.94 bits per heavy atom. The Labute approximate surface area is 107 Å². The molecule has 0 spiro atoms. The van der Waals surface area contributed by atoms with Crippen LogP contribution >= 0.6 is 11.8 Å². The van der Waals surface area contributed by atoms with Gasteiger partial charge in [0.25, 0.3) is 0 Å². The zero-order chi connectivity index (χ0) is 12.3. The summed E-state index contributed by atoms with van der Waals surface area (Å²) in [6.45, 7) is 2.07. The summed E-state index contributed by atoms with van der Waals surface area (Å²) < 4.78 is 0. The van der Waals surface area contributed by atoms with Gasteiger partial charge in [-0.2, -0.15) is 5.26 Å². The second kappa shape index (κ2) is 5.44. The Morgan fingerprint density at radius 2 is 2.35 bits per heavy atom. The minimum absolute atomic E-state index is 0.499. The molecule has 0 aliphatic carbocycles. The van der Waals surface area contributed by atoms with Gasteiger partial charge >= 0.3 is 0 Å². The first-order valence-electron chi connectivity index (χ1n) is 5.78. The molecule has 1 atom stereocenters. The van der Waals surface area contributed by atoms with Gasteiger partial charge in [-0.05, 0) is 31.4 Å². The lowest BCUT2D eigenvalue weighted by atomic mass is 10.1. The molecule has 0 aromatic heterocycles. The lowest BCUT2D eigenvalue weighted by Crippen LogP contribution is -2.33. The first-order valence-corrected chi connectivity index (χ1v) is 7.01. The average Bonchev–Trinajstić information content (AvgIpc) is 2.90. The fraction of sp³-hybridized carbons (Fsp3) is 0.462. The number of nitrogens with zero attached hydrogens (tertiary/aromatic N) is 2. The van der Waals surface area contributed by atoms with E-state index in [0.29, 0.717) is 6.04 Å². The van der Waals surface area contributed by atoms with E-state index in [0.717, 1.165) is 35.7 Å². The zero-order valence-corrected chi connectivity index (χ0v) is 11.0. The molecule has 1 fully saturated rings. The normalized spacial score (nSPS) is 19.0. The van der Waals surface area contributed by atoms with E-state index in [1.807, 2.05) is 24.5 Å². The number of rotatable bonds is 3. The van der Waals surface area contributed by atoms with Gasteiger partial charge in [0.05, 0.1) is 11.3 Å². The lowest BCUT2D eigenvalue weighted by molar-refractivity contribution is 0.684. The van der Waals surface area contributed by atoms with Crippen LogP contribution < -0.4 is 10.2 Å². The number of likely N-dealkylation sites (N-methyl/N-ethyl adjacent to an activating group) is 1. The fourth-order valence-corrected chi connectivity index (χ4v) is 2.83. The molecule has 1 aliphatic heterocycles. The molecule has 17 heavy (non-hydrogen) atoms. The highest BCUT2D eigenvalue weighted by Gasteiger charge is 2.22. The molecule has 0 saturated carbocycles. The Balaban J connectivity index is 2.34. The molecule has 1 unspecified atom stereocenters. The van der Waals surface area contributed by atoms with Crippen LogP contribution in [0.15, 0.2) is 23.1 Å². The molecule has 4 heteroatoms. The Morgan fingerprint density at radius 1 is 1.53 bits per heavy atom. The van der Waals surface area contributed by atoms with Crippen molar-refractivity contribution < 1.29 is 0 Å². The number of nitriles is 1. The van der Waals surface area contributed by atoms with Crippen LogP contribution in [-0.4, -0.2) is 32.4 Å². The third-order valence-electron chi connectivity index (χ3n) is 3.30.